The second kappa shape index (κ2) is 9.97. The maximum atomic E-state index is 5.35. The molecule has 0 amide bonds. The minimum Gasteiger partial charge on any atom is -0.309 e. The molecule has 0 saturated carbocycles. The first-order valence-electron chi connectivity index (χ1n) is 17.2. The number of nitrogens with zero attached hydrogens (tertiary/aromatic N) is 3. The van der Waals surface area contributed by atoms with Gasteiger partial charge in [0.2, 0.25) is 0 Å². The van der Waals surface area contributed by atoms with E-state index in [1.165, 1.54) is 60.0 Å². The van der Waals surface area contributed by atoms with Gasteiger partial charge in [-0.25, -0.2) is 9.97 Å². The Kier molecular flexibility index (Phi) is 5.79. The molecule has 2 aromatic heterocycles. The van der Waals surface area contributed by atoms with E-state index in [2.05, 4.69) is 165 Å². The van der Waals surface area contributed by atoms with Crippen LogP contribution in [0.5, 0.6) is 0 Å². The van der Waals surface area contributed by atoms with Crippen molar-refractivity contribution in [1.82, 2.24) is 14.5 Å². The lowest BCUT2D eigenvalue weighted by Gasteiger charge is -2.22. The number of hydrogen-bond donors (Lipinski definition) is 0. The van der Waals surface area contributed by atoms with Gasteiger partial charge in [-0.1, -0.05) is 142 Å². The highest BCUT2D eigenvalue weighted by molar-refractivity contribution is 7.04. The zero-order valence-corrected chi connectivity index (χ0v) is 29.1. The molecule has 6 aromatic carbocycles. The lowest BCUT2D eigenvalue weighted by Crippen LogP contribution is -2.50. The molecule has 1 aliphatic heterocycles. The van der Waals surface area contributed by atoms with Crippen molar-refractivity contribution >= 4 is 40.3 Å². The van der Waals surface area contributed by atoms with Crippen LogP contribution in [0.2, 0.25) is 13.1 Å². The van der Waals surface area contributed by atoms with Crippen LogP contribution in [0.15, 0.2) is 140 Å². The van der Waals surface area contributed by atoms with Crippen LogP contribution in [-0.4, -0.2) is 22.6 Å². The number of benzene rings is 6. The quantitative estimate of drug-likeness (QED) is 0.179. The second-order valence-corrected chi connectivity index (χ2v) is 18.9. The smallest absolute Gasteiger partial charge is 0.160 e. The molecule has 8 aromatic rings. The van der Waals surface area contributed by atoms with Gasteiger partial charge in [0.25, 0.3) is 0 Å². The van der Waals surface area contributed by atoms with Gasteiger partial charge in [-0.2, -0.15) is 0 Å². The van der Waals surface area contributed by atoms with Crippen molar-refractivity contribution in [2.45, 2.75) is 32.4 Å². The van der Waals surface area contributed by atoms with Crippen LogP contribution in [-0.2, 0) is 5.41 Å². The lowest BCUT2D eigenvalue weighted by molar-refractivity contribution is 0.661. The number of aromatic nitrogens is 3. The van der Waals surface area contributed by atoms with Crippen LogP contribution >= 0.6 is 0 Å². The fourth-order valence-corrected chi connectivity index (χ4v) is 12.1. The Balaban J connectivity index is 1.18. The number of rotatable bonds is 3. The van der Waals surface area contributed by atoms with Crippen molar-refractivity contribution in [2.24, 2.45) is 0 Å². The minimum absolute atomic E-state index is 0.0435. The van der Waals surface area contributed by atoms with Gasteiger partial charge in [0, 0.05) is 33.0 Å². The van der Waals surface area contributed by atoms with Gasteiger partial charge in [0.05, 0.1) is 22.4 Å². The Morgan fingerprint density at radius 2 is 1.22 bits per heavy atom. The van der Waals surface area contributed by atoms with E-state index in [4.69, 9.17) is 9.97 Å². The van der Waals surface area contributed by atoms with Crippen molar-refractivity contribution in [3.05, 3.63) is 151 Å². The van der Waals surface area contributed by atoms with Gasteiger partial charge in [-0.15, -0.1) is 0 Å². The van der Waals surface area contributed by atoms with Crippen molar-refractivity contribution in [2.75, 3.05) is 0 Å². The third-order valence-corrected chi connectivity index (χ3v) is 14.7. The Labute approximate surface area is 287 Å². The summed E-state index contributed by atoms with van der Waals surface area (Å²) in [5.41, 5.74) is 14.7. The van der Waals surface area contributed by atoms with Crippen molar-refractivity contribution in [3.63, 3.8) is 0 Å². The molecule has 0 spiro atoms. The highest BCUT2D eigenvalue weighted by Crippen LogP contribution is 2.53. The molecule has 3 nitrogen and oxygen atoms in total. The molecule has 234 valence electrons. The van der Waals surface area contributed by atoms with Crippen LogP contribution in [0.4, 0.5) is 0 Å². The van der Waals surface area contributed by atoms with Crippen LogP contribution in [0, 0.1) is 0 Å². The van der Waals surface area contributed by atoms with E-state index in [0.717, 1.165) is 34.0 Å². The summed E-state index contributed by atoms with van der Waals surface area (Å²) >= 11 is 0. The molecule has 0 atom stereocenters. The summed E-state index contributed by atoms with van der Waals surface area (Å²) in [7, 11) is -2.05. The van der Waals surface area contributed by atoms with Gasteiger partial charge in [0.15, 0.2) is 5.82 Å². The molecule has 3 heterocycles. The fourth-order valence-electron chi connectivity index (χ4n) is 8.84. The molecule has 0 unspecified atom stereocenters. The van der Waals surface area contributed by atoms with Crippen LogP contribution in [0.3, 0.4) is 0 Å². The third-order valence-electron chi connectivity index (χ3n) is 11.2. The van der Waals surface area contributed by atoms with Crippen LogP contribution < -0.4 is 10.4 Å². The van der Waals surface area contributed by atoms with Gasteiger partial charge in [-0.05, 0) is 62.5 Å². The summed E-state index contributed by atoms with van der Waals surface area (Å²) in [4.78, 5) is 10.6. The molecule has 0 bridgehead atoms. The summed E-state index contributed by atoms with van der Waals surface area (Å²) in [5.74, 6) is 0.777. The van der Waals surface area contributed by atoms with Gasteiger partial charge in [0.1, 0.15) is 8.07 Å². The number of para-hydroxylation sites is 1. The van der Waals surface area contributed by atoms with Gasteiger partial charge in [-0.3, -0.25) is 0 Å². The molecule has 0 fully saturated rings. The lowest BCUT2D eigenvalue weighted by atomic mass is 9.82. The molecule has 10 rings (SSSR count). The molecule has 0 saturated heterocycles. The van der Waals surface area contributed by atoms with Crippen molar-refractivity contribution in [1.29, 1.82) is 0 Å². The largest absolute Gasteiger partial charge is 0.309 e. The van der Waals surface area contributed by atoms with Gasteiger partial charge >= 0.3 is 0 Å². The summed E-state index contributed by atoms with van der Waals surface area (Å²) < 4.78 is 2.44. The van der Waals surface area contributed by atoms with E-state index in [1.807, 2.05) is 6.07 Å². The summed E-state index contributed by atoms with van der Waals surface area (Å²) in [6.07, 6.45) is 0. The molecule has 4 heteroatoms. The molecule has 2 aliphatic rings. The first kappa shape index (κ1) is 28.4. The highest BCUT2D eigenvalue weighted by Gasteiger charge is 2.42. The summed E-state index contributed by atoms with van der Waals surface area (Å²) in [5, 5.41) is 5.39. The molecular weight excluding hydrogens is 611 g/mol. The van der Waals surface area contributed by atoms with E-state index in [-0.39, 0.29) is 5.41 Å². The predicted octanol–water partition coefficient (Wildman–Crippen LogP) is 10.0. The number of hydrogen-bond acceptors (Lipinski definition) is 2. The topological polar surface area (TPSA) is 30.7 Å². The third kappa shape index (κ3) is 3.83. The Hall–Kier alpha value is -5.58. The molecule has 0 N–H and O–H groups in total. The van der Waals surface area contributed by atoms with E-state index in [1.54, 1.807) is 0 Å². The van der Waals surface area contributed by atoms with Crippen molar-refractivity contribution < 1.29 is 0 Å². The average Bonchev–Trinajstić information content (AvgIpc) is 3.69. The van der Waals surface area contributed by atoms with E-state index in [9.17, 15) is 0 Å². The minimum atomic E-state index is -2.05. The van der Waals surface area contributed by atoms with Gasteiger partial charge < -0.3 is 4.57 Å². The maximum absolute atomic E-state index is 5.35. The Bertz CT molecular complexity index is 2650. The summed E-state index contributed by atoms with van der Waals surface area (Å²) in [6.45, 7) is 9.60. The predicted molar refractivity (Wildman–Crippen MR) is 207 cm³/mol. The van der Waals surface area contributed by atoms with Crippen molar-refractivity contribution in [3.8, 4) is 50.7 Å². The maximum Gasteiger partial charge on any atom is 0.160 e. The fraction of sp³-hybridized carbons (Fsp3) is 0.111. The normalized spacial score (nSPS) is 14.9. The molecule has 0 radical (unpaired) electrons. The first-order chi connectivity index (χ1) is 23.8. The highest BCUT2D eigenvalue weighted by atomic mass is 28.3. The zero-order chi connectivity index (χ0) is 33.1. The van der Waals surface area contributed by atoms with E-state index in [0.29, 0.717) is 0 Å². The molecular formula is C45H35N3Si. The monoisotopic (exact) mass is 645 g/mol. The zero-order valence-electron chi connectivity index (χ0n) is 28.1. The molecule has 49 heavy (non-hydrogen) atoms. The Morgan fingerprint density at radius 1 is 0.551 bits per heavy atom. The van der Waals surface area contributed by atoms with E-state index < -0.39 is 8.07 Å². The number of fused-ring (bicyclic) bond motifs is 10. The van der Waals surface area contributed by atoms with E-state index >= 15 is 0 Å². The SMILES string of the molecule is CC1(C)c2ccccc2-c2c1ccc1c2c2ccccc2n1-c1ccc(-c2nc(-c3ccccc3)nc3c2[Si](C)(C)c2ccccc2-3)cc1. The van der Waals surface area contributed by atoms with Crippen LogP contribution in [0.1, 0.15) is 25.0 Å². The first-order valence-corrected chi connectivity index (χ1v) is 20.2. The standard InChI is InChI=1S/C45H35N3Si/c1-45(2)34-19-11-8-16-31(34)39-35(45)26-27-37-40(39)32-17-9-12-20-36(32)48(37)30-24-22-28(23-25-30)41-43-42(33-18-10-13-21-38(33)49(43,3)4)47-44(46-41)29-14-6-5-7-15-29/h5-27H,1-4H3. The second-order valence-electron chi connectivity index (χ2n) is 14.6. The Morgan fingerprint density at radius 3 is 2.04 bits per heavy atom. The molecule has 1 aliphatic carbocycles. The van der Waals surface area contributed by atoms with Crippen LogP contribution in [0.25, 0.3) is 72.5 Å². The average molecular weight is 646 g/mol. The summed E-state index contributed by atoms with van der Waals surface area (Å²) in [6, 6.07) is 50.9.